The van der Waals surface area contributed by atoms with Gasteiger partial charge in [-0.3, -0.25) is 0 Å². The fourth-order valence-electron chi connectivity index (χ4n) is 1.40. The smallest absolute Gasteiger partial charge is 0.129 e. The van der Waals surface area contributed by atoms with E-state index in [-0.39, 0.29) is 6.61 Å². The molecule has 0 saturated heterocycles. The van der Waals surface area contributed by atoms with Crippen LogP contribution in [0.3, 0.4) is 0 Å². The van der Waals surface area contributed by atoms with E-state index >= 15 is 0 Å². The first-order valence-electron chi connectivity index (χ1n) is 5.12. The molecule has 2 nitrogen and oxygen atoms in total. The minimum atomic E-state index is -0.105. The summed E-state index contributed by atoms with van der Waals surface area (Å²) in [5.74, 6) is 1.13. The van der Waals surface area contributed by atoms with E-state index in [1.165, 1.54) is 0 Å². The molecule has 0 heterocycles. The van der Waals surface area contributed by atoms with Crippen LogP contribution in [-0.2, 0) is 6.61 Å². The van der Waals surface area contributed by atoms with E-state index in [2.05, 4.69) is 0 Å². The van der Waals surface area contributed by atoms with Crippen LogP contribution in [0.25, 0.3) is 0 Å². The fraction of sp³-hybridized carbons (Fsp3) is 0.0769. The van der Waals surface area contributed by atoms with Gasteiger partial charge in [0.2, 0.25) is 0 Å². The summed E-state index contributed by atoms with van der Waals surface area (Å²) in [5.41, 5.74) is 0.651. The Kier molecular flexibility index (Phi) is 4.36. The van der Waals surface area contributed by atoms with Gasteiger partial charge in [0.15, 0.2) is 0 Å². The van der Waals surface area contributed by atoms with Gasteiger partial charge in [-0.15, -0.1) is 0 Å². The van der Waals surface area contributed by atoms with Crippen LogP contribution in [0.1, 0.15) is 5.56 Å². The molecule has 0 bridgehead atoms. The van der Waals surface area contributed by atoms with Crippen LogP contribution >= 0.6 is 34.8 Å². The first-order valence-corrected chi connectivity index (χ1v) is 6.25. The molecule has 0 aliphatic carbocycles. The van der Waals surface area contributed by atoms with Gasteiger partial charge < -0.3 is 9.84 Å². The maximum Gasteiger partial charge on any atom is 0.129 e. The Morgan fingerprint density at radius 3 is 2.00 bits per heavy atom. The minimum Gasteiger partial charge on any atom is -0.457 e. The molecule has 94 valence electrons. The van der Waals surface area contributed by atoms with Crippen molar-refractivity contribution in [2.75, 3.05) is 0 Å². The van der Waals surface area contributed by atoms with Crippen LogP contribution in [0.4, 0.5) is 0 Å². The highest BCUT2D eigenvalue weighted by atomic mass is 35.5. The summed E-state index contributed by atoms with van der Waals surface area (Å²) in [6.07, 6.45) is 0. The van der Waals surface area contributed by atoms with Crippen LogP contribution in [-0.4, -0.2) is 5.11 Å². The average molecular weight is 304 g/mol. The largest absolute Gasteiger partial charge is 0.457 e. The van der Waals surface area contributed by atoms with Crippen molar-refractivity contribution in [3.8, 4) is 11.5 Å². The third-order valence-corrected chi connectivity index (χ3v) is 3.41. The molecule has 0 aliphatic rings. The van der Waals surface area contributed by atoms with Gasteiger partial charge in [-0.2, -0.15) is 0 Å². The van der Waals surface area contributed by atoms with Crippen LogP contribution in [0.5, 0.6) is 11.5 Å². The van der Waals surface area contributed by atoms with Crippen LogP contribution in [0.2, 0.25) is 15.1 Å². The van der Waals surface area contributed by atoms with Crippen molar-refractivity contribution >= 4 is 34.8 Å². The van der Waals surface area contributed by atoms with Gasteiger partial charge in [0.05, 0.1) is 16.7 Å². The van der Waals surface area contributed by atoms with Crippen LogP contribution in [0, 0.1) is 0 Å². The number of hydrogen-bond acceptors (Lipinski definition) is 2. The van der Waals surface area contributed by atoms with Gasteiger partial charge in [0.1, 0.15) is 11.5 Å². The van der Waals surface area contributed by atoms with Gasteiger partial charge >= 0.3 is 0 Å². The summed E-state index contributed by atoms with van der Waals surface area (Å²) in [6.45, 7) is -0.105. The Hall–Kier alpha value is -0.930. The van der Waals surface area contributed by atoms with Crippen molar-refractivity contribution in [1.82, 2.24) is 0 Å². The zero-order valence-electron chi connectivity index (χ0n) is 9.16. The summed E-state index contributed by atoms with van der Waals surface area (Å²) in [4.78, 5) is 0. The van der Waals surface area contributed by atoms with E-state index < -0.39 is 0 Å². The van der Waals surface area contributed by atoms with Crippen molar-refractivity contribution < 1.29 is 9.84 Å². The second-order valence-electron chi connectivity index (χ2n) is 3.59. The first kappa shape index (κ1) is 13.5. The van der Waals surface area contributed by atoms with Crippen molar-refractivity contribution in [1.29, 1.82) is 0 Å². The maximum absolute atomic E-state index is 9.01. The first-order chi connectivity index (χ1) is 8.60. The summed E-state index contributed by atoms with van der Waals surface area (Å²) in [7, 11) is 0. The Bertz CT molecular complexity index is 570. The molecule has 0 aromatic heterocycles. The lowest BCUT2D eigenvalue weighted by Crippen LogP contribution is -1.88. The highest BCUT2D eigenvalue weighted by molar-refractivity contribution is 6.42. The Morgan fingerprint density at radius 2 is 1.44 bits per heavy atom. The minimum absolute atomic E-state index is 0.105. The van der Waals surface area contributed by atoms with Crippen molar-refractivity contribution in [2.24, 2.45) is 0 Å². The summed E-state index contributed by atoms with van der Waals surface area (Å²) < 4.78 is 5.59. The Labute approximate surface area is 120 Å². The average Bonchev–Trinajstić information content (AvgIpc) is 2.34. The molecule has 0 atom stereocenters. The lowest BCUT2D eigenvalue weighted by molar-refractivity contribution is 0.282. The van der Waals surface area contributed by atoms with E-state index in [1.54, 1.807) is 36.4 Å². The molecular weight excluding hydrogens is 294 g/mol. The van der Waals surface area contributed by atoms with E-state index in [9.17, 15) is 0 Å². The molecule has 0 saturated carbocycles. The summed E-state index contributed by atoms with van der Waals surface area (Å²) in [6, 6.07) is 10.0. The molecule has 0 fully saturated rings. The molecule has 0 unspecified atom stereocenters. The highest BCUT2D eigenvalue weighted by Gasteiger charge is 2.04. The zero-order valence-corrected chi connectivity index (χ0v) is 11.4. The number of hydrogen-bond donors (Lipinski definition) is 1. The second kappa shape index (κ2) is 5.81. The van der Waals surface area contributed by atoms with Crippen LogP contribution < -0.4 is 4.74 Å². The highest BCUT2D eigenvalue weighted by Crippen LogP contribution is 2.31. The Morgan fingerprint density at radius 1 is 0.833 bits per heavy atom. The fourth-order valence-corrected chi connectivity index (χ4v) is 1.91. The molecule has 2 rings (SSSR count). The lowest BCUT2D eigenvalue weighted by atomic mass is 10.2. The van der Waals surface area contributed by atoms with Crippen molar-refractivity contribution in [2.45, 2.75) is 6.61 Å². The number of ether oxygens (including phenoxy) is 1. The number of benzene rings is 2. The lowest BCUT2D eigenvalue weighted by Gasteiger charge is -2.08. The van der Waals surface area contributed by atoms with Gasteiger partial charge in [0.25, 0.3) is 0 Å². The van der Waals surface area contributed by atoms with Crippen molar-refractivity contribution in [3.63, 3.8) is 0 Å². The predicted octanol–water partition coefficient (Wildman–Crippen LogP) is 4.93. The topological polar surface area (TPSA) is 29.5 Å². The van der Waals surface area contributed by atoms with Gasteiger partial charge in [0, 0.05) is 11.1 Å². The quantitative estimate of drug-likeness (QED) is 0.871. The van der Waals surface area contributed by atoms with Gasteiger partial charge in [-0.05, 0) is 29.8 Å². The molecule has 5 heteroatoms. The number of rotatable bonds is 3. The molecule has 1 N–H and O–H groups in total. The summed E-state index contributed by atoms with van der Waals surface area (Å²) >= 11 is 17.7. The molecule has 0 aliphatic heterocycles. The monoisotopic (exact) mass is 302 g/mol. The second-order valence-corrected chi connectivity index (χ2v) is 4.81. The SMILES string of the molecule is OCc1ccc(Oc2ccc(Cl)c(Cl)c2)cc1Cl. The molecule has 0 amide bonds. The number of halogens is 3. The summed E-state index contributed by atoms with van der Waals surface area (Å²) in [5, 5.41) is 10.4. The van der Waals surface area contributed by atoms with E-state index in [4.69, 9.17) is 44.6 Å². The molecule has 0 radical (unpaired) electrons. The van der Waals surface area contributed by atoms with E-state index in [0.29, 0.717) is 32.1 Å². The maximum atomic E-state index is 9.01. The van der Waals surface area contributed by atoms with Gasteiger partial charge in [-0.1, -0.05) is 40.9 Å². The molecular formula is C13H9Cl3O2. The third kappa shape index (κ3) is 3.09. The number of aliphatic hydroxyl groups is 1. The molecule has 2 aromatic rings. The zero-order chi connectivity index (χ0) is 13.1. The standard InChI is InChI=1S/C13H9Cl3O2/c14-11-4-3-10(6-13(11)16)18-9-2-1-8(7-17)12(15)5-9/h1-6,17H,7H2. The normalized spacial score (nSPS) is 10.4. The van der Waals surface area contributed by atoms with E-state index in [1.807, 2.05) is 0 Å². The third-order valence-electron chi connectivity index (χ3n) is 2.32. The predicted molar refractivity (Wildman–Crippen MR) is 73.9 cm³/mol. The molecule has 18 heavy (non-hydrogen) atoms. The Balaban J connectivity index is 2.23. The van der Waals surface area contributed by atoms with Crippen molar-refractivity contribution in [3.05, 3.63) is 57.0 Å². The molecule has 0 spiro atoms. The van der Waals surface area contributed by atoms with Crippen LogP contribution in [0.15, 0.2) is 36.4 Å². The van der Waals surface area contributed by atoms with Gasteiger partial charge in [-0.25, -0.2) is 0 Å². The van der Waals surface area contributed by atoms with E-state index in [0.717, 1.165) is 0 Å². The molecule has 2 aromatic carbocycles. The number of aliphatic hydroxyl groups excluding tert-OH is 1.